The van der Waals surface area contributed by atoms with Crippen molar-refractivity contribution in [2.24, 2.45) is 5.84 Å². The molecule has 0 aromatic rings. The second-order valence-corrected chi connectivity index (χ2v) is 3.96. The number of hydrogen-bond donors (Lipinski definition) is 2. The van der Waals surface area contributed by atoms with Gasteiger partial charge in [0.2, 0.25) is 0 Å². The van der Waals surface area contributed by atoms with Gasteiger partial charge < -0.3 is 4.74 Å². The minimum Gasteiger partial charge on any atom is -0.374 e. The molecule has 3 nitrogen and oxygen atoms in total. The third-order valence-corrected chi connectivity index (χ3v) is 2.96. The Morgan fingerprint density at radius 2 is 2.00 bits per heavy atom. The van der Waals surface area contributed by atoms with E-state index in [1.165, 1.54) is 12.8 Å². The molecule has 86 valence electrons. The first-order chi connectivity index (χ1) is 6.64. The molecule has 14 heavy (non-hydrogen) atoms. The fourth-order valence-electron chi connectivity index (χ4n) is 1.75. The van der Waals surface area contributed by atoms with E-state index in [1.807, 2.05) is 6.92 Å². The minimum atomic E-state index is -0.126. The third kappa shape index (κ3) is 3.95. The highest BCUT2D eigenvalue weighted by molar-refractivity contribution is 4.87. The monoisotopic (exact) mass is 202 g/mol. The molecule has 0 aromatic carbocycles. The van der Waals surface area contributed by atoms with Crippen LogP contribution in [0.3, 0.4) is 0 Å². The summed E-state index contributed by atoms with van der Waals surface area (Å²) in [5.41, 5.74) is 2.76. The Morgan fingerprint density at radius 3 is 2.36 bits per heavy atom. The van der Waals surface area contributed by atoms with Crippen molar-refractivity contribution >= 4 is 0 Å². The average molecular weight is 202 g/mol. The van der Waals surface area contributed by atoms with Gasteiger partial charge in [0.15, 0.2) is 0 Å². The number of rotatable bonds is 8. The first kappa shape index (κ1) is 13.9. The number of hydrogen-bond acceptors (Lipinski definition) is 3. The van der Waals surface area contributed by atoms with E-state index < -0.39 is 0 Å². The van der Waals surface area contributed by atoms with Gasteiger partial charge in [-0.3, -0.25) is 11.3 Å². The predicted octanol–water partition coefficient (Wildman–Crippen LogP) is 2.21. The second kappa shape index (κ2) is 7.21. The van der Waals surface area contributed by atoms with Gasteiger partial charge in [0.1, 0.15) is 0 Å². The van der Waals surface area contributed by atoms with E-state index in [9.17, 15) is 0 Å². The Hall–Kier alpha value is -0.120. The summed E-state index contributed by atoms with van der Waals surface area (Å²) in [7, 11) is 0. The maximum Gasteiger partial charge on any atom is 0.0817 e. The Morgan fingerprint density at radius 1 is 1.36 bits per heavy atom. The maximum atomic E-state index is 5.79. The number of hydrazine groups is 1. The van der Waals surface area contributed by atoms with E-state index in [1.54, 1.807) is 0 Å². The summed E-state index contributed by atoms with van der Waals surface area (Å²) in [5, 5.41) is 0. The molecule has 0 aliphatic heterocycles. The van der Waals surface area contributed by atoms with Crippen molar-refractivity contribution < 1.29 is 4.74 Å². The van der Waals surface area contributed by atoms with Crippen molar-refractivity contribution in [3.8, 4) is 0 Å². The number of ether oxygens (including phenoxy) is 1. The van der Waals surface area contributed by atoms with E-state index in [2.05, 4.69) is 26.2 Å². The average Bonchev–Trinajstić information content (AvgIpc) is 2.19. The molecule has 0 fully saturated rings. The minimum absolute atomic E-state index is 0.126. The van der Waals surface area contributed by atoms with Crippen LogP contribution in [0.5, 0.6) is 0 Å². The second-order valence-electron chi connectivity index (χ2n) is 3.96. The van der Waals surface area contributed by atoms with Gasteiger partial charge in [-0.05, 0) is 26.7 Å². The van der Waals surface area contributed by atoms with Gasteiger partial charge in [-0.1, -0.05) is 26.7 Å². The van der Waals surface area contributed by atoms with Gasteiger partial charge in [0, 0.05) is 12.6 Å². The highest BCUT2D eigenvalue weighted by Gasteiger charge is 2.31. The van der Waals surface area contributed by atoms with Gasteiger partial charge in [-0.25, -0.2) is 0 Å². The lowest BCUT2D eigenvalue weighted by Crippen LogP contribution is -2.52. The molecule has 2 atom stereocenters. The molecule has 0 aliphatic rings. The van der Waals surface area contributed by atoms with Gasteiger partial charge in [0.05, 0.1) is 5.60 Å². The molecule has 0 aliphatic carbocycles. The Labute approximate surface area is 88.4 Å². The fourth-order valence-corrected chi connectivity index (χ4v) is 1.75. The number of unbranched alkanes of at least 4 members (excludes halogenated alkanes) is 1. The SMILES string of the molecule is CCCCC(NN)C(C)(CC)OCC. The van der Waals surface area contributed by atoms with E-state index >= 15 is 0 Å². The standard InChI is InChI=1S/C11H26N2O/c1-5-8-9-10(13-12)11(4,6-2)14-7-3/h10,13H,5-9,12H2,1-4H3. The molecule has 0 heterocycles. The fraction of sp³-hybridized carbons (Fsp3) is 1.00. The van der Waals surface area contributed by atoms with Crippen molar-refractivity contribution in [1.29, 1.82) is 0 Å². The molecular formula is C11H26N2O. The van der Waals surface area contributed by atoms with Crippen molar-refractivity contribution in [2.45, 2.75) is 65.0 Å². The molecule has 0 aromatic heterocycles. The highest BCUT2D eigenvalue weighted by atomic mass is 16.5. The summed E-state index contributed by atoms with van der Waals surface area (Å²) >= 11 is 0. The van der Waals surface area contributed by atoms with Gasteiger partial charge in [-0.15, -0.1) is 0 Å². The highest BCUT2D eigenvalue weighted by Crippen LogP contribution is 2.23. The quantitative estimate of drug-likeness (QED) is 0.468. The Kier molecular flexibility index (Phi) is 7.15. The van der Waals surface area contributed by atoms with Crippen LogP contribution in [0.25, 0.3) is 0 Å². The lowest BCUT2D eigenvalue weighted by Gasteiger charge is -2.36. The maximum absolute atomic E-state index is 5.79. The van der Waals surface area contributed by atoms with Crippen LogP contribution in [-0.2, 0) is 4.74 Å². The molecular weight excluding hydrogens is 176 g/mol. The molecule has 0 radical (unpaired) electrons. The zero-order valence-corrected chi connectivity index (χ0v) is 10.1. The molecule has 0 spiro atoms. The Balaban J connectivity index is 4.26. The van der Waals surface area contributed by atoms with Crippen LogP contribution in [0, 0.1) is 0 Å². The van der Waals surface area contributed by atoms with Gasteiger partial charge in [-0.2, -0.15) is 0 Å². The van der Waals surface area contributed by atoms with Gasteiger partial charge in [0.25, 0.3) is 0 Å². The topological polar surface area (TPSA) is 47.3 Å². The molecule has 0 bridgehead atoms. The van der Waals surface area contributed by atoms with E-state index in [4.69, 9.17) is 10.6 Å². The summed E-state index contributed by atoms with van der Waals surface area (Å²) in [5.74, 6) is 5.58. The first-order valence-corrected chi connectivity index (χ1v) is 5.74. The lowest BCUT2D eigenvalue weighted by atomic mass is 9.90. The van der Waals surface area contributed by atoms with Crippen molar-refractivity contribution in [3.05, 3.63) is 0 Å². The van der Waals surface area contributed by atoms with E-state index in [0.29, 0.717) is 0 Å². The summed E-state index contributed by atoms with van der Waals surface area (Å²) in [6.45, 7) is 9.25. The van der Waals surface area contributed by atoms with Crippen LogP contribution in [0.4, 0.5) is 0 Å². The van der Waals surface area contributed by atoms with Crippen molar-refractivity contribution in [1.82, 2.24) is 5.43 Å². The molecule has 0 amide bonds. The molecule has 0 saturated carbocycles. The Bertz CT molecular complexity index is 141. The number of nitrogens with two attached hydrogens (primary N) is 1. The van der Waals surface area contributed by atoms with Crippen LogP contribution in [0.1, 0.15) is 53.4 Å². The van der Waals surface area contributed by atoms with E-state index in [0.717, 1.165) is 19.4 Å². The zero-order chi connectivity index (χ0) is 11.0. The van der Waals surface area contributed by atoms with Gasteiger partial charge >= 0.3 is 0 Å². The smallest absolute Gasteiger partial charge is 0.0817 e. The summed E-state index contributed by atoms with van der Waals surface area (Å²) in [6, 6.07) is 0.257. The summed E-state index contributed by atoms with van der Waals surface area (Å²) in [6.07, 6.45) is 4.46. The lowest BCUT2D eigenvalue weighted by molar-refractivity contribution is -0.0574. The molecule has 3 heteroatoms. The first-order valence-electron chi connectivity index (χ1n) is 5.74. The predicted molar refractivity (Wildman–Crippen MR) is 61.0 cm³/mol. The van der Waals surface area contributed by atoms with Crippen LogP contribution in [0.2, 0.25) is 0 Å². The molecule has 2 unspecified atom stereocenters. The molecule has 3 N–H and O–H groups in total. The largest absolute Gasteiger partial charge is 0.374 e. The van der Waals surface area contributed by atoms with Crippen molar-refractivity contribution in [3.63, 3.8) is 0 Å². The van der Waals surface area contributed by atoms with E-state index in [-0.39, 0.29) is 11.6 Å². The zero-order valence-electron chi connectivity index (χ0n) is 10.1. The summed E-state index contributed by atoms with van der Waals surface area (Å²) < 4.78 is 5.79. The van der Waals surface area contributed by atoms with Crippen LogP contribution < -0.4 is 11.3 Å². The normalized spacial score (nSPS) is 17.8. The van der Waals surface area contributed by atoms with Crippen molar-refractivity contribution in [2.75, 3.05) is 6.61 Å². The molecule has 0 saturated heterocycles. The number of nitrogens with one attached hydrogen (secondary N) is 1. The van der Waals surface area contributed by atoms with Crippen LogP contribution >= 0.6 is 0 Å². The molecule has 0 rings (SSSR count). The van der Waals surface area contributed by atoms with Crippen LogP contribution in [0.15, 0.2) is 0 Å². The summed E-state index contributed by atoms with van der Waals surface area (Å²) in [4.78, 5) is 0. The third-order valence-electron chi connectivity index (χ3n) is 2.96. The van der Waals surface area contributed by atoms with Crippen LogP contribution in [-0.4, -0.2) is 18.2 Å².